The molecule has 172 valence electrons. The van der Waals surface area contributed by atoms with Gasteiger partial charge < -0.3 is 29.8 Å². The predicted molar refractivity (Wildman–Crippen MR) is 115 cm³/mol. The zero-order valence-electron chi connectivity index (χ0n) is 17.4. The second-order valence-corrected chi connectivity index (χ2v) is 7.80. The molecule has 0 aliphatic rings. The smallest absolute Gasteiger partial charge is 0.419 e. The Bertz CT molecular complexity index is 1150. The summed E-state index contributed by atoms with van der Waals surface area (Å²) in [6, 6.07) is 6.74. The Hall–Kier alpha value is -2.92. The molecule has 0 saturated heterocycles. The van der Waals surface area contributed by atoms with Crippen LogP contribution in [0.3, 0.4) is 0 Å². The topological polar surface area (TPSA) is 150 Å². The van der Waals surface area contributed by atoms with Gasteiger partial charge in [-0.2, -0.15) is 0 Å². The van der Waals surface area contributed by atoms with Crippen LogP contribution < -0.4 is 16.2 Å². The van der Waals surface area contributed by atoms with Crippen LogP contribution in [-0.4, -0.2) is 51.1 Å². The van der Waals surface area contributed by atoms with Gasteiger partial charge in [0.05, 0.1) is 35.7 Å². The van der Waals surface area contributed by atoms with E-state index in [0.29, 0.717) is 11.3 Å². The van der Waals surface area contributed by atoms with Crippen LogP contribution in [0.25, 0.3) is 11.1 Å². The van der Waals surface area contributed by atoms with Crippen molar-refractivity contribution in [1.82, 2.24) is 9.55 Å². The van der Waals surface area contributed by atoms with Crippen molar-refractivity contribution in [1.29, 1.82) is 0 Å². The minimum absolute atomic E-state index is 0.0219. The number of rotatable bonds is 10. The van der Waals surface area contributed by atoms with Crippen LogP contribution in [0, 0.1) is 6.92 Å². The minimum atomic E-state index is -1.42. The van der Waals surface area contributed by atoms with Gasteiger partial charge >= 0.3 is 11.7 Å². The lowest BCUT2D eigenvalue weighted by Gasteiger charge is -2.23. The van der Waals surface area contributed by atoms with Gasteiger partial charge in [-0.25, -0.2) is 4.79 Å². The maximum absolute atomic E-state index is 12.3. The molecule has 0 spiro atoms. The molecule has 3 aromatic rings. The van der Waals surface area contributed by atoms with Gasteiger partial charge in [-0.1, -0.05) is 17.7 Å². The molecule has 0 fully saturated rings. The molecule has 4 N–H and O–H groups in total. The number of halogens is 1. The molecule has 2 heterocycles. The third-order valence-corrected chi connectivity index (χ3v) is 5.21. The average molecular weight is 466 g/mol. The lowest BCUT2D eigenvalue weighted by atomic mass is 10.1. The Labute approximate surface area is 188 Å². The summed E-state index contributed by atoms with van der Waals surface area (Å²) in [4.78, 5) is 28.5. The van der Waals surface area contributed by atoms with Crippen LogP contribution in [0.5, 0.6) is 5.75 Å². The summed E-state index contributed by atoms with van der Waals surface area (Å²) < 4.78 is 17.3. The van der Waals surface area contributed by atoms with Crippen LogP contribution in [0.4, 0.5) is 0 Å². The Morgan fingerprint density at radius 2 is 2.09 bits per heavy atom. The number of hydrogen-bond donors (Lipinski definition) is 3. The van der Waals surface area contributed by atoms with Crippen LogP contribution in [0.15, 0.2) is 39.7 Å². The number of pyridine rings is 1. The monoisotopic (exact) mass is 465 g/mol. The van der Waals surface area contributed by atoms with Gasteiger partial charge in [0.15, 0.2) is 5.58 Å². The van der Waals surface area contributed by atoms with Crippen molar-refractivity contribution in [2.75, 3.05) is 19.8 Å². The number of benzene rings is 1. The summed E-state index contributed by atoms with van der Waals surface area (Å²) in [6.45, 7) is 0.632. The highest BCUT2D eigenvalue weighted by molar-refractivity contribution is 6.32. The standard InChI is InChI=1S/C21H24ClN3O7/c1-13-14(3-2-5-24-13)9-30-17-8-18-16(7-15(17)22)25(20(29)32-18)6-4-19(28)31-12-21(23,10-26)11-27/h2-3,5,7-8,26-27H,4,6,9-12,23H2,1H3. The Kier molecular flexibility index (Phi) is 7.52. The van der Waals surface area contributed by atoms with Crippen molar-refractivity contribution in [3.63, 3.8) is 0 Å². The number of aliphatic hydroxyl groups excluding tert-OH is 2. The molecule has 11 heteroatoms. The molecule has 0 unspecified atom stereocenters. The predicted octanol–water partition coefficient (Wildman–Crippen LogP) is 1.15. The third kappa shape index (κ3) is 5.46. The first-order valence-corrected chi connectivity index (χ1v) is 10.2. The fraction of sp³-hybridized carbons (Fsp3) is 0.381. The van der Waals surface area contributed by atoms with Crippen molar-refractivity contribution in [2.24, 2.45) is 5.73 Å². The number of carbonyl (C=O) groups excluding carboxylic acids is 1. The molecular weight excluding hydrogens is 442 g/mol. The molecule has 0 aliphatic carbocycles. The molecule has 0 radical (unpaired) electrons. The number of ether oxygens (including phenoxy) is 2. The maximum atomic E-state index is 12.3. The van der Waals surface area contributed by atoms with E-state index in [0.717, 1.165) is 11.3 Å². The number of aromatic nitrogens is 2. The Morgan fingerprint density at radius 1 is 1.34 bits per heavy atom. The number of oxazole rings is 1. The number of aryl methyl sites for hydroxylation is 2. The van der Waals surface area contributed by atoms with Gasteiger partial charge in [0.25, 0.3) is 0 Å². The van der Waals surface area contributed by atoms with E-state index in [-0.39, 0.29) is 36.8 Å². The Balaban J connectivity index is 1.69. The van der Waals surface area contributed by atoms with E-state index in [9.17, 15) is 9.59 Å². The van der Waals surface area contributed by atoms with E-state index in [4.69, 9.17) is 41.4 Å². The highest BCUT2D eigenvalue weighted by Crippen LogP contribution is 2.30. The first kappa shape index (κ1) is 23.7. The van der Waals surface area contributed by atoms with E-state index in [2.05, 4.69) is 4.98 Å². The number of hydrogen-bond acceptors (Lipinski definition) is 9. The van der Waals surface area contributed by atoms with Gasteiger partial charge in [0, 0.05) is 30.1 Å². The molecule has 0 amide bonds. The summed E-state index contributed by atoms with van der Waals surface area (Å²) in [5, 5.41) is 18.5. The zero-order chi connectivity index (χ0) is 23.3. The van der Waals surface area contributed by atoms with E-state index >= 15 is 0 Å². The highest BCUT2D eigenvalue weighted by Gasteiger charge is 2.25. The summed E-state index contributed by atoms with van der Waals surface area (Å²) in [5.74, 6) is -0.973. The van der Waals surface area contributed by atoms with Crippen molar-refractivity contribution >= 4 is 28.7 Å². The SMILES string of the molecule is Cc1ncccc1COc1cc2oc(=O)n(CCC(=O)OCC(N)(CO)CO)c2cc1Cl. The lowest BCUT2D eigenvalue weighted by molar-refractivity contribution is -0.146. The molecule has 10 nitrogen and oxygen atoms in total. The van der Waals surface area contributed by atoms with Crippen LogP contribution in [-0.2, 0) is 22.7 Å². The number of nitrogens with zero attached hydrogens (tertiary/aromatic N) is 2. The summed E-state index contributed by atoms with van der Waals surface area (Å²) in [6.07, 6.45) is 1.54. The molecule has 0 bridgehead atoms. The number of carbonyl (C=O) groups is 1. The molecule has 2 aromatic heterocycles. The second-order valence-electron chi connectivity index (χ2n) is 7.40. The van der Waals surface area contributed by atoms with Crippen LogP contribution in [0.1, 0.15) is 17.7 Å². The second kappa shape index (κ2) is 10.1. The minimum Gasteiger partial charge on any atom is -0.487 e. The quantitative estimate of drug-likeness (QED) is 0.374. The molecule has 0 saturated carbocycles. The number of esters is 1. The Morgan fingerprint density at radius 3 is 2.78 bits per heavy atom. The molecular formula is C21H24ClN3O7. The first-order valence-electron chi connectivity index (χ1n) is 9.79. The molecule has 0 atom stereocenters. The maximum Gasteiger partial charge on any atom is 0.419 e. The van der Waals surface area contributed by atoms with Crippen LogP contribution in [0.2, 0.25) is 5.02 Å². The first-order chi connectivity index (χ1) is 15.3. The van der Waals surface area contributed by atoms with Gasteiger partial charge in [-0.3, -0.25) is 14.3 Å². The van der Waals surface area contributed by atoms with Crippen molar-refractivity contribution < 1.29 is 28.9 Å². The van der Waals surface area contributed by atoms with Crippen molar-refractivity contribution in [3.8, 4) is 5.75 Å². The number of aliphatic hydroxyl groups is 2. The number of nitrogens with two attached hydrogens (primary N) is 1. The largest absolute Gasteiger partial charge is 0.487 e. The fourth-order valence-corrected chi connectivity index (χ4v) is 3.07. The average Bonchev–Trinajstić information content (AvgIpc) is 3.09. The van der Waals surface area contributed by atoms with Gasteiger partial charge in [0.2, 0.25) is 0 Å². The van der Waals surface area contributed by atoms with Crippen molar-refractivity contribution in [3.05, 3.63) is 57.3 Å². The summed E-state index contributed by atoms with van der Waals surface area (Å²) in [5.41, 5.74) is 6.62. The zero-order valence-corrected chi connectivity index (χ0v) is 18.2. The van der Waals surface area contributed by atoms with E-state index in [1.807, 2.05) is 19.1 Å². The molecule has 32 heavy (non-hydrogen) atoms. The number of fused-ring (bicyclic) bond motifs is 1. The highest BCUT2D eigenvalue weighted by atomic mass is 35.5. The third-order valence-electron chi connectivity index (χ3n) is 4.91. The van der Waals surface area contributed by atoms with Gasteiger partial charge in [-0.05, 0) is 19.1 Å². The fourth-order valence-electron chi connectivity index (χ4n) is 2.85. The van der Waals surface area contributed by atoms with Crippen LogP contribution >= 0.6 is 11.6 Å². The normalized spacial score (nSPS) is 11.7. The van der Waals surface area contributed by atoms with E-state index in [1.165, 1.54) is 16.7 Å². The lowest BCUT2D eigenvalue weighted by Crippen LogP contribution is -2.51. The summed E-state index contributed by atoms with van der Waals surface area (Å²) >= 11 is 6.33. The molecule has 0 aliphatic heterocycles. The molecule has 1 aromatic carbocycles. The van der Waals surface area contributed by atoms with Gasteiger partial charge in [-0.15, -0.1) is 0 Å². The molecule has 3 rings (SSSR count). The van der Waals surface area contributed by atoms with Gasteiger partial charge in [0.1, 0.15) is 19.0 Å². The van der Waals surface area contributed by atoms with E-state index < -0.39 is 30.5 Å². The van der Waals surface area contributed by atoms with E-state index in [1.54, 1.807) is 6.20 Å². The summed E-state index contributed by atoms with van der Waals surface area (Å²) in [7, 11) is 0. The van der Waals surface area contributed by atoms with Crippen molar-refractivity contribution in [2.45, 2.75) is 32.0 Å².